The Balaban J connectivity index is 1.24. The summed E-state index contributed by atoms with van der Waals surface area (Å²) in [7, 11) is 0. The van der Waals surface area contributed by atoms with Gasteiger partial charge in [-0.25, -0.2) is 0 Å². The van der Waals surface area contributed by atoms with Crippen molar-refractivity contribution in [3.8, 4) is 66.8 Å². The van der Waals surface area contributed by atoms with Crippen molar-refractivity contribution in [3.63, 3.8) is 0 Å². The van der Waals surface area contributed by atoms with Gasteiger partial charge in [-0.05, 0) is 165 Å². The lowest BCUT2D eigenvalue weighted by atomic mass is 9.72. The van der Waals surface area contributed by atoms with Gasteiger partial charge in [0.25, 0.3) is 0 Å². The standard InChI is InChI=1S/C70H42/c1-3-15-45(16-4-1)65-67(55-31-25-43-13-7-9-19-53(43)41-55)68(56-32-26-44-14-8-10-20-54(44)42-56)66(46-17-5-2-6-18-46)70(60-40-36-52-30-28-48-22-12-24-50-34-38-58(60)64(52)62(48)50)69(65)59-39-35-51-29-27-47-21-11-23-49-33-37-57(59)63(51)61(47)49/h1-42H. The first-order valence-corrected chi connectivity index (χ1v) is 24.4. The lowest BCUT2D eigenvalue weighted by Gasteiger charge is -2.30. The number of benzene rings is 15. The van der Waals surface area contributed by atoms with Gasteiger partial charge in [0.15, 0.2) is 0 Å². The van der Waals surface area contributed by atoms with E-state index < -0.39 is 0 Å². The smallest absolute Gasteiger partial charge is 0.000740 e. The fourth-order valence-corrected chi connectivity index (χ4v) is 12.2. The van der Waals surface area contributed by atoms with Crippen molar-refractivity contribution < 1.29 is 0 Å². The van der Waals surface area contributed by atoms with Crippen LogP contribution in [0.3, 0.4) is 0 Å². The quantitative estimate of drug-likeness (QED) is 0.146. The summed E-state index contributed by atoms with van der Waals surface area (Å²) in [6, 6.07) is 96.1. The van der Waals surface area contributed by atoms with Crippen LogP contribution in [0.15, 0.2) is 255 Å². The second-order valence-corrected chi connectivity index (χ2v) is 19.0. The predicted molar refractivity (Wildman–Crippen MR) is 301 cm³/mol. The van der Waals surface area contributed by atoms with Crippen LogP contribution in [0.4, 0.5) is 0 Å². The van der Waals surface area contributed by atoms with Crippen LogP contribution in [-0.4, -0.2) is 0 Å². The van der Waals surface area contributed by atoms with E-state index in [9.17, 15) is 0 Å². The summed E-state index contributed by atoms with van der Waals surface area (Å²) in [6.07, 6.45) is 0. The molecular formula is C70H42. The summed E-state index contributed by atoms with van der Waals surface area (Å²) in [5, 5.41) is 20.2. The molecule has 0 spiro atoms. The van der Waals surface area contributed by atoms with Crippen molar-refractivity contribution >= 4 is 86.2 Å². The van der Waals surface area contributed by atoms with Gasteiger partial charge in [-0.3, -0.25) is 0 Å². The van der Waals surface area contributed by atoms with E-state index in [1.807, 2.05) is 0 Å². The highest BCUT2D eigenvalue weighted by molar-refractivity contribution is 6.30. The van der Waals surface area contributed by atoms with E-state index in [-0.39, 0.29) is 0 Å². The molecule has 322 valence electrons. The second-order valence-electron chi connectivity index (χ2n) is 19.0. The molecule has 0 aliphatic carbocycles. The lowest BCUT2D eigenvalue weighted by Crippen LogP contribution is -2.03. The highest BCUT2D eigenvalue weighted by atomic mass is 14.3. The molecule has 0 aliphatic rings. The summed E-state index contributed by atoms with van der Waals surface area (Å²) in [4.78, 5) is 0. The van der Waals surface area contributed by atoms with Crippen molar-refractivity contribution in [2.75, 3.05) is 0 Å². The third-order valence-electron chi connectivity index (χ3n) is 15.3. The van der Waals surface area contributed by atoms with Crippen molar-refractivity contribution in [3.05, 3.63) is 255 Å². The summed E-state index contributed by atoms with van der Waals surface area (Å²) >= 11 is 0. The van der Waals surface area contributed by atoms with Crippen molar-refractivity contribution in [1.82, 2.24) is 0 Å². The fraction of sp³-hybridized carbons (Fsp3) is 0. The largest absolute Gasteiger partial charge is 0.0622 e. The third kappa shape index (κ3) is 5.78. The van der Waals surface area contributed by atoms with Crippen LogP contribution in [0, 0.1) is 0 Å². The molecule has 15 rings (SSSR count). The normalized spacial score (nSPS) is 12.0. The monoisotopic (exact) mass is 882 g/mol. The highest BCUT2D eigenvalue weighted by Gasteiger charge is 2.31. The van der Waals surface area contributed by atoms with Crippen molar-refractivity contribution in [2.24, 2.45) is 0 Å². The number of fused-ring (bicyclic) bond motifs is 2. The van der Waals surface area contributed by atoms with Crippen molar-refractivity contribution in [1.29, 1.82) is 0 Å². The molecule has 0 heteroatoms. The van der Waals surface area contributed by atoms with E-state index in [1.54, 1.807) is 0 Å². The molecular weight excluding hydrogens is 841 g/mol. The Hall–Kier alpha value is -9.10. The fourth-order valence-electron chi connectivity index (χ4n) is 12.2. The Morgan fingerprint density at radius 2 is 0.457 bits per heavy atom. The van der Waals surface area contributed by atoms with Gasteiger partial charge < -0.3 is 0 Å². The van der Waals surface area contributed by atoms with Gasteiger partial charge in [-0.15, -0.1) is 0 Å². The van der Waals surface area contributed by atoms with Gasteiger partial charge in [0.05, 0.1) is 0 Å². The average Bonchev–Trinajstić information content (AvgIpc) is 3.43. The Morgan fingerprint density at radius 3 is 0.871 bits per heavy atom. The van der Waals surface area contributed by atoms with Crippen LogP contribution in [0.1, 0.15) is 0 Å². The molecule has 0 N–H and O–H groups in total. The molecule has 15 aromatic carbocycles. The zero-order valence-electron chi connectivity index (χ0n) is 38.2. The molecule has 0 atom stereocenters. The van der Waals surface area contributed by atoms with Crippen LogP contribution in [0.5, 0.6) is 0 Å². The molecule has 0 amide bonds. The van der Waals surface area contributed by atoms with Crippen LogP contribution >= 0.6 is 0 Å². The molecule has 0 radical (unpaired) electrons. The first kappa shape index (κ1) is 38.9. The van der Waals surface area contributed by atoms with E-state index >= 15 is 0 Å². The molecule has 0 aliphatic heterocycles. The average molecular weight is 883 g/mol. The van der Waals surface area contributed by atoms with Crippen LogP contribution in [0.2, 0.25) is 0 Å². The maximum atomic E-state index is 2.43. The predicted octanol–water partition coefficient (Wildman–Crippen LogP) is 19.8. The molecule has 70 heavy (non-hydrogen) atoms. The minimum atomic E-state index is 1.17. The summed E-state index contributed by atoms with van der Waals surface area (Å²) < 4.78 is 0. The van der Waals surface area contributed by atoms with Crippen LogP contribution < -0.4 is 0 Å². The number of hydrogen-bond donors (Lipinski definition) is 0. The Labute approximate surface area is 405 Å². The van der Waals surface area contributed by atoms with Gasteiger partial charge in [-0.1, -0.05) is 243 Å². The molecule has 0 nitrogen and oxygen atoms in total. The SMILES string of the molecule is c1ccc(-c2c(-c3ccc4ccccc4c3)c(-c3ccc4ccccc4c3)c(-c3ccccc3)c(-c3ccc4ccc5cccc6ccc3c4c56)c2-c2ccc3ccc4cccc5ccc2c3c45)cc1. The number of rotatable bonds is 6. The Kier molecular flexibility index (Phi) is 8.46. The summed E-state index contributed by atoms with van der Waals surface area (Å²) in [5.41, 5.74) is 14.5. The Morgan fingerprint density at radius 1 is 0.157 bits per heavy atom. The molecule has 0 saturated carbocycles. The van der Waals surface area contributed by atoms with Gasteiger partial charge in [0.2, 0.25) is 0 Å². The molecule has 0 saturated heterocycles. The van der Waals surface area contributed by atoms with Gasteiger partial charge in [0, 0.05) is 0 Å². The molecule has 0 unspecified atom stereocenters. The van der Waals surface area contributed by atoms with E-state index in [0.29, 0.717) is 0 Å². The van der Waals surface area contributed by atoms with Crippen molar-refractivity contribution in [2.45, 2.75) is 0 Å². The molecule has 0 aromatic heterocycles. The zero-order valence-corrected chi connectivity index (χ0v) is 38.2. The van der Waals surface area contributed by atoms with E-state index in [2.05, 4.69) is 255 Å². The highest BCUT2D eigenvalue weighted by Crippen LogP contribution is 2.59. The van der Waals surface area contributed by atoms with Gasteiger partial charge in [0.1, 0.15) is 0 Å². The topological polar surface area (TPSA) is 0 Å². The zero-order chi connectivity index (χ0) is 45.9. The van der Waals surface area contributed by atoms with Gasteiger partial charge in [-0.2, -0.15) is 0 Å². The van der Waals surface area contributed by atoms with Gasteiger partial charge >= 0.3 is 0 Å². The maximum Gasteiger partial charge on any atom is -0.000740 e. The summed E-state index contributed by atoms with van der Waals surface area (Å²) in [6.45, 7) is 0. The molecule has 15 aromatic rings. The number of hydrogen-bond acceptors (Lipinski definition) is 0. The first-order valence-electron chi connectivity index (χ1n) is 24.4. The third-order valence-corrected chi connectivity index (χ3v) is 15.3. The molecule has 0 bridgehead atoms. The molecule has 0 heterocycles. The first-order chi connectivity index (χ1) is 34.7. The molecule has 0 fully saturated rings. The van der Waals surface area contributed by atoms with Crippen LogP contribution in [0.25, 0.3) is 153 Å². The Bertz CT molecular complexity index is 4230. The summed E-state index contributed by atoms with van der Waals surface area (Å²) in [5.74, 6) is 0. The van der Waals surface area contributed by atoms with Crippen LogP contribution in [-0.2, 0) is 0 Å². The second kappa shape index (κ2) is 15.2. The maximum absolute atomic E-state index is 2.43. The van der Waals surface area contributed by atoms with E-state index in [1.165, 1.54) is 153 Å². The van der Waals surface area contributed by atoms with E-state index in [0.717, 1.165) is 0 Å². The minimum Gasteiger partial charge on any atom is -0.0622 e. The van der Waals surface area contributed by atoms with E-state index in [4.69, 9.17) is 0 Å². The lowest BCUT2D eigenvalue weighted by molar-refractivity contribution is 1.54. The minimum absolute atomic E-state index is 1.17.